The van der Waals surface area contributed by atoms with Crippen molar-refractivity contribution in [1.29, 1.82) is 5.26 Å². The highest BCUT2D eigenvalue weighted by Gasteiger charge is 2.15. The van der Waals surface area contributed by atoms with Crippen molar-refractivity contribution in [2.24, 2.45) is 5.41 Å². The molecule has 0 bridgehead atoms. The molecule has 0 aliphatic carbocycles. The van der Waals surface area contributed by atoms with Gasteiger partial charge in [-0.1, -0.05) is 0 Å². The lowest BCUT2D eigenvalue weighted by molar-refractivity contribution is 0.529. The molecule has 3 heteroatoms. The number of rotatable bonds is 3. The van der Waals surface area contributed by atoms with E-state index in [2.05, 4.69) is 16.4 Å². The summed E-state index contributed by atoms with van der Waals surface area (Å²) in [6.07, 6.45) is 3.72. The lowest BCUT2D eigenvalue weighted by atomic mass is 9.96. The number of anilines is 1. The fourth-order valence-corrected chi connectivity index (χ4v) is 0.796. The number of H-pyrrole nitrogens is 1. The van der Waals surface area contributed by atoms with Gasteiger partial charge in [-0.05, 0) is 19.9 Å². The minimum Gasteiger partial charge on any atom is -0.382 e. The van der Waals surface area contributed by atoms with Crippen molar-refractivity contribution >= 4 is 5.69 Å². The maximum absolute atomic E-state index is 8.72. The molecule has 12 heavy (non-hydrogen) atoms. The normalized spacial score (nSPS) is 10.8. The summed E-state index contributed by atoms with van der Waals surface area (Å²) >= 11 is 0. The zero-order valence-electron chi connectivity index (χ0n) is 7.39. The number of aromatic amines is 1. The van der Waals surface area contributed by atoms with E-state index in [0.717, 1.165) is 5.69 Å². The Balaban J connectivity index is 2.42. The highest BCUT2D eigenvalue weighted by Crippen LogP contribution is 2.14. The Bertz CT molecular complexity index is 266. The maximum Gasteiger partial charge on any atom is 0.0702 e. The first kappa shape index (κ1) is 8.66. The van der Waals surface area contributed by atoms with Crippen LogP contribution in [0.1, 0.15) is 13.8 Å². The molecule has 0 aromatic carbocycles. The van der Waals surface area contributed by atoms with Crippen molar-refractivity contribution in [3.05, 3.63) is 18.5 Å². The van der Waals surface area contributed by atoms with Crippen LogP contribution in [0, 0.1) is 16.7 Å². The number of nitrogens with zero attached hydrogens (tertiary/aromatic N) is 1. The van der Waals surface area contributed by atoms with Crippen LogP contribution in [-0.4, -0.2) is 11.5 Å². The molecule has 1 aromatic rings. The first-order valence-electron chi connectivity index (χ1n) is 3.92. The smallest absolute Gasteiger partial charge is 0.0702 e. The summed E-state index contributed by atoms with van der Waals surface area (Å²) in [7, 11) is 0. The minimum atomic E-state index is -0.308. The average molecular weight is 163 g/mol. The summed E-state index contributed by atoms with van der Waals surface area (Å²) in [6, 6.07) is 4.17. The third-order valence-electron chi connectivity index (χ3n) is 1.64. The highest BCUT2D eigenvalue weighted by atomic mass is 14.9. The molecule has 0 fully saturated rings. The molecule has 0 atom stereocenters. The second kappa shape index (κ2) is 3.31. The molecule has 0 radical (unpaired) electrons. The number of aromatic nitrogens is 1. The molecular weight excluding hydrogens is 150 g/mol. The van der Waals surface area contributed by atoms with Gasteiger partial charge in [0, 0.05) is 18.9 Å². The highest BCUT2D eigenvalue weighted by molar-refractivity contribution is 5.40. The Labute approximate surface area is 72.4 Å². The molecule has 1 aromatic heterocycles. The monoisotopic (exact) mass is 163 g/mol. The van der Waals surface area contributed by atoms with Gasteiger partial charge in [0.25, 0.3) is 0 Å². The zero-order chi connectivity index (χ0) is 9.03. The summed E-state index contributed by atoms with van der Waals surface area (Å²) < 4.78 is 0. The van der Waals surface area contributed by atoms with E-state index in [1.807, 2.05) is 32.3 Å². The van der Waals surface area contributed by atoms with Crippen molar-refractivity contribution in [2.45, 2.75) is 13.8 Å². The second-order valence-corrected chi connectivity index (χ2v) is 3.45. The lowest BCUT2D eigenvalue weighted by Gasteiger charge is -2.15. The quantitative estimate of drug-likeness (QED) is 0.715. The second-order valence-electron chi connectivity index (χ2n) is 3.45. The Morgan fingerprint density at radius 1 is 1.67 bits per heavy atom. The van der Waals surface area contributed by atoms with Crippen LogP contribution >= 0.6 is 0 Å². The number of nitriles is 1. The average Bonchev–Trinajstić information content (AvgIpc) is 2.53. The molecule has 3 nitrogen and oxygen atoms in total. The summed E-state index contributed by atoms with van der Waals surface area (Å²) in [5.41, 5.74) is 0.718. The molecular formula is C9H13N3. The zero-order valence-corrected chi connectivity index (χ0v) is 7.39. The van der Waals surface area contributed by atoms with Gasteiger partial charge in [0.15, 0.2) is 0 Å². The van der Waals surface area contributed by atoms with E-state index in [9.17, 15) is 0 Å². The summed E-state index contributed by atoms with van der Waals surface area (Å²) in [5, 5.41) is 11.9. The summed E-state index contributed by atoms with van der Waals surface area (Å²) in [6.45, 7) is 4.49. The van der Waals surface area contributed by atoms with E-state index in [0.29, 0.717) is 6.54 Å². The Kier molecular flexibility index (Phi) is 2.39. The standard InChI is InChI=1S/C9H13N3/c1-9(2,6-10)7-12-8-3-4-11-5-8/h3-5,11-12H,7H2,1-2H3. The Morgan fingerprint density at radius 2 is 2.42 bits per heavy atom. The van der Waals surface area contributed by atoms with Crippen LogP contribution < -0.4 is 5.32 Å². The van der Waals surface area contributed by atoms with E-state index >= 15 is 0 Å². The van der Waals surface area contributed by atoms with Crippen LogP contribution in [0.4, 0.5) is 5.69 Å². The van der Waals surface area contributed by atoms with Gasteiger partial charge in [0.1, 0.15) is 0 Å². The molecule has 0 aliphatic rings. The van der Waals surface area contributed by atoms with Gasteiger partial charge in [-0.15, -0.1) is 0 Å². The first-order chi connectivity index (χ1) is 5.64. The van der Waals surface area contributed by atoms with Crippen LogP contribution in [0.5, 0.6) is 0 Å². The van der Waals surface area contributed by atoms with Crippen molar-refractivity contribution in [3.63, 3.8) is 0 Å². The van der Waals surface area contributed by atoms with Gasteiger partial charge in [-0.3, -0.25) is 0 Å². The Hall–Kier alpha value is -1.43. The molecule has 0 aliphatic heterocycles. The third-order valence-corrected chi connectivity index (χ3v) is 1.64. The summed E-state index contributed by atoms with van der Waals surface area (Å²) in [5.74, 6) is 0. The van der Waals surface area contributed by atoms with Crippen LogP contribution in [0.3, 0.4) is 0 Å². The van der Waals surface area contributed by atoms with Crippen molar-refractivity contribution < 1.29 is 0 Å². The molecule has 0 saturated heterocycles. The predicted molar refractivity (Wildman–Crippen MR) is 48.7 cm³/mol. The largest absolute Gasteiger partial charge is 0.382 e. The van der Waals surface area contributed by atoms with Crippen molar-refractivity contribution in [3.8, 4) is 6.07 Å². The summed E-state index contributed by atoms with van der Waals surface area (Å²) in [4.78, 5) is 2.94. The van der Waals surface area contributed by atoms with Crippen LogP contribution in [0.2, 0.25) is 0 Å². The molecule has 1 heterocycles. The van der Waals surface area contributed by atoms with Gasteiger partial charge in [0.2, 0.25) is 0 Å². The van der Waals surface area contributed by atoms with E-state index in [-0.39, 0.29) is 5.41 Å². The van der Waals surface area contributed by atoms with Crippen molar-refractivity contribution in [2.75, 3.05) is 11.9 Å². The first-order valence-corrected chi connectivity index (χ1v) is 3.92. The van der Waals surface area contributed by atoms with Gasteiger partial charge < -0.3 is 10.3 Å². The van der Waals surface area contributed by atoms with Gasteiger partial charge in [-0.25, -0.2) is 0 Å². The molecule has 1 rings (SSSR count). The molecule has 0 spiro atoms. The van der Waals surface area contributed by atoms with Gasteiger partial charge >= 0.3 is 0 Å². The van der Waals surface area contributed by atoms with Crippen LogP contribution in [0.15, 0.2) is 18.5 Å². The predicted octanol–water partition coefficient (Wildman–Crippen LogP) is 1.98. The molecule has 2 N–H and O–H groups in total. The van der Waals surface area contributed by atoms with Crippen LogP contribution in [0.25, 0.3) is 0 Å². The van der Waals surface area contributed by atoms with Gasteiger partial charge in [0.05, 0.1) is 17.2 Å². The topological polar surface area (TPSA) is 51.6 Å². The molecule has 0 unspecified atom stereocenters. The SMILES string of the molecule is CC(C)(C#N)CNc1cc[nH]c1. The van der Waals surface area contributed by atoms with E-state index in [1.165, 1.54) is 0 Å². The number of hydrogen-bond acceptors (Lipinski definition) is 2. The van der Waals surface area contributed by atoms with Gasteiger partial charge in [-0.2, -0.15) is 5.26 Å². The number of nitrogens with one attached hydrogen (secondary N) is 2. The van der Waals surface area contributed by atoms with Crippen molar-refractivity contribution in [1.82, 2.24) is 4.98 Å². The third kappa shape index (κ3) is 2.31. The molecule has 0 saturated carbocycles. The van der Waals surface area contributed by atoms with E-state index < -0.39 is 0 Å². The minimum absolute atomic E-state index is 0.308. The molecule has 0 amide bonds. The molecule has 64 valence electrons. The van der Waals surface area contributed by atoms with E-state index in [4.69, 9.17) is 5.26 Å². The maximum atomic E-state index is 8.72. The fraction of sp³-hybridized carbons (Fsp3) is 0.444. The van der Waals surface area contributed by atoms with E-state index in [1.54, 1.807) is 0 Å². The fourth-order valence-electron chi connectivity index (χ4n) is 0.796. The van der Waals surface area contributed by atoms with Crippen LogP contribution in [-0.2, 0) is 0 Å². The Morgan fingerprint density at radius 3 is 2.92 bits per heavy atom. The number of hydrogen-bond donors (Lipinski definition) is 2. The lowest BCUT2D eigenvalue weighted by Crippen LogP contribution is -2.20.